The van der Waals surface area contributed by atoms with Crippen molar-refractivity contribution in [2.45, 2.75) is 20.3 Å². The van der Waals surface area contributed by atoms with Crippen molar-refractivity contribution in [3.05, 3.63) is 47.8 Å². The van der Waals surface area contributed by atoms with Crippen molar-refractivity contribution in [3.63, 3.8) is 0 Å². The van der Waals surface area contributed by atoms with Crippen LogP contribution in [0.4, 0.5) is 16.0 Å². The van der Waals surface area contributed by atoms with E-state index in [-0.39, 0.29) is 12.3 Å². The number of hydrogen-bond acceptors (Lipinski definition) is 4. The van der Waals surface area contributed by atoms with Gasteiger partial charge in [-0.2, -0.15) is 0 Å². The number of anilines is 2. The highest BCUT2D eigenvalue weighted by Gasteiger charge is 2.09. The molecule has 1 amide bonds. The highest BCUT2D eigenvalue weighted by molar-refractivity contribution is 5.91. The van der Waals surface area contributed by atoms with E-state index in [9.17, 15) is 9.18 Å². The second-order valence-electron chi connectivity index (χ2n) is 5.39. The number of amides is 1. The lowest BCUT2D eigenvalue weighted by Gasteiger charge is -2.08. The van der Waals surface area contributed by atoms with Gasteiger partial charge in [-0.05, 0) is 29.7 Å². The fourth-order valence-corrected chi connectivity index (χ4v) is 1.80. The van der Waals surface area contributed by atoms with Crippen molar-refractivity contribution < 1.29 is 9.18 Å². The average Bonchev–Trinajstić information content (AvgIpc) is 2.49. The van der Waals surface area contributed by atoms with Crippen molar-refractivity contribution in [3.8, 4) is 0 Å². The quantitative estimate of drug-likeness (QED) is 0.861. The summed E-state index contributed by atoms with van der Waals surface area (Å²) in [7, 11) is 0. The van der Waals surface area contributed by atoms with Crippen molar-refractivity contribution in [1.29, 1.82) is 0 Å². The third-order valence-electron chi connectivity index (χ3n) is 2.93. The van der Waals surface area contributed by atoms with E-state index in [1.807, 2.05) is 0 Å². The van der Waals surface area contributed by atoms with Gasteiger partial charge in [0, 0.05) is 6.54 Å². The van der Waals surface area contributed by atoms with Gasteiger partial charge in [0.05, 0.1) is 6.42 Å². The van der Waals surface area contributed by atoms with Gasteiger partial charge in [0.2, 0.25) is 5.91 Å². The first-order valence-electron chi connectivity index (χ1n) is 7.15. The van der Waals surface area contributed by atoms with Crippen LogP contribution in [-0.2, 0) is 11.2 Å². The first-order valence-corrected chi connectivity index (χ1v) is 7.15. The lowest BCUT2D eigenvalue weighted by molar-refractivity contribution is -0.115. The first kappa shape index (κ1) is 15.9. The van der Waals surface area contributed by atoms with Crippen LogP contribution in [0.1, 0.15) is 19.4 Å². The molecule has 1 heterocycles. The second-order valence-corrected chi connectivity index (χ2v) is 5.39. The maximum absolute atomic E-state index is 13.5. The Balaban J connectivity index is 1.90. The number of nitrogens with zero attached hydrogens (tertiary/aromatic N) is 2. The summed E-state index contributed by atoms with van der Waals surface area (Å²) in [5, 5.41) is 13.6. The van der Waals surface area contributed by atoms with E-state index < -0.39 is 5.82 Å². The van der Waals surface area contributed by atoms with Crippen LogP contribution in [0.2, 0.25) is 0 Å². The van der Waals surface area contributed by atoms with Crippen LogP contribution >= 0.6 is 0 Å². The van der Waals surface area contributed by atoms with Crippen LogP contribution in [0.25, 0.3) is 0 Å². The van der Waals surface area contributed by atoms with Gasteiger partial charge in [0.25, 0.3) is 0 Å². The Labute approximate surface area is 129 Å². The highest BCUT2D eigenvalue weighted by atomic mass is 19.1. The normalized spacial score (nSPS) is 10.5. The highest BCUT2D eigenvalue weighted by Crippen LogP contribution is 2.10. The third-order valence-corrected chi connectivity index (χ3v) is 2.93. The zero-order valence-electron chi connectivity index (χ0n) is 12.6. The van der Waals surface area contributed by atoms with E-state index in [1.165, 1.54) is 6.07 Å². The van der Waals surface area contributed by atoms with Crippen molar-refractivity contribution >= 4 is 17.5 Å². The summed E-state index contributed by atoms with van der Waals surface area (Å²) in [6.07, 6.45) is -0.0400. The number of aromatic nitrogens is 2. The molecule has 2 aromatic rings. The molecule has 0 saturated heterocycles. The number of carbonyl (C=O) groups is 1. The van der Waals surface area contributed by atoms with Gasteiger partial charge in [-0.15, -0.1) is 10.2 Å². The summed E-state index contributed by atoms with van der Waals surface area (Å²) in [5.74, 6) is 0.776. The Morgan fingerprint density at radius 1 is 1.14 bits per heavy atom. The fraction of sp³-hybridized carbons (Fsp3) is 0.312. The number of hydrogen-bond donors (Lipinski definition) is 2. The molecule has 0 atom stereocenters. The van der Waals surface area contributed by atoms with E-state index in [1.54, 1.807) is 30.3 Å². The summed E-state index contributed by atoms with van der Waals surface area (Å²) in [6.45, 7) is 4.99. The molecular formula is C16H19FN4O. The Morgan fingerprint density at radius 2 is 1.82 bits per heavy atom. The largest absolute Gasteiger partial charge is 0.368 e. The average molecular weight is 302 g/mol. The minimum Gasteiger partial charge on any atom is -0.368 e. The summed E-state index contributed by atoms with van der Waals surface area (Å²) in [5.41, 5.74) is 0.350. The van der Waals surface area contributed by atoms with Crippen molar-refractivity contribution in [2.24, 2.45) is 5.92 Å². The van der Waals surface area contributed by atoms with Gasteiger partial charge in [0.15, 0.2) is 5.82 Å². The van der Waals surface area contributed by atoms with E-state index in [4.69, 9.17) is 0 Å². The van der Waals surface area contributed by atoms with E-state index in [0.717, 1.165) is 6.54 Å². The Kier molecular flexibility index (Phi) is 5.41. The van der Waals surface area contributed by atoms with Gasteiger partial charge in [0.1, 0.15) is 11.6 Å². The van der Waals surface area contributed by atoms with Gasteiger partial charge in [-0.3, -0.25) is 4.79 Å². The molecule has 0 aliphatic heterocycles. The molecule has 5 nitrogen and oxygen atoms in total. The standard InChI is InChI=1S/C16H19FN4O/c1-11(2)10-18-14-7-8-15(21-20-14)19-16(22)9-12-5-3-4-6-13(12)17/h3-8,11H,9-10H2,1-2H3,(H,18,20)(H,19,21,22). The van der Waals surface area contributed by atoms with Crippen molar-refractivity contribution in [2.75, 3.05) is 17.2 Å². The molecule has 0 aliphatic rings. The molecule has 0 saturated carbocycles. The maximum Gasteiger partial charge on any atom is 0.230 e. The molecule has 0 aliphatic carbocycles. The summed E-state index contributed by atoms with van der Waals surface area (Å²) < 4.78 is 13.5. The lowest BCUT2D eigenvalue weighted by Crippen LogP contribution is -2.17. The van der Waals surface area contributed by atoms with Crippen LogP contribution in [0, 0.1) is 11.7 Å². The second kappa shape index (κ2) is 7.49. The summed E-state index contributed by atoms with van der Waals surface area (Å²) in [6, 6.07) is 9.60. The molecule has 0 spiro atoms. The van der Waals surface area contributed by atoms with Gasteiger partial charge >= 0.3 is 0 Å². The molecule has 2 rings (SSSR count). The minimum atomic E-state index is -0.392. The number of benzene rings is 1. The number of carbonyl (C=O) groups excluding carboxylic acids is 1. The molecule has 116 valence electrons. The molecule has 0 fully saturated rings. The molecule has 2 N–H and O–H groups in total. The molecule has 1 aromatic heterocycles. The molecule has 6 heteroatoms. The molecular weight excluding hydrogens is 283 g/mol. The first-order chi connectivity index (χ1) is 10.5. The zero-order chi connectivity index (χ0) is 15.9. The summed E-state index contributed by atoms with van der Waals surface area (Å²) >= 11 is 0. The smallest absolute Gasteiger partial charge is 0.230 e. The maximum atomic E-state index is 13.5. The molecule has 0 bridgehead atoms. The summed E-state index contributed by atoms with van der Waals surface area (Å²) in [4.78, 5) is 11.9. The molecule has 1 aromatic carbocycles. The molecule has 0 radical (unpaired) electrons. The van der Waals surface area contributed by atoms with Crippen LogP contribution in [0.15, 0.2) is 36.4 Å². The SMILES string of the molecule is CC(C)CNc1ccc(NC(=O)Cc2ccccc2F)nn1. The Hall–Kier alpha value is -2.50. The third kappa shape index (κ3) is 4.80. The number of nitrogens with one attached hydrogen (secondary N) is 2. The topological polar surface area (TPSA) is 66.9 Å². The van der Waals surface area contributed by atoms with E-state index in [2.05, 4.69) is 34.7 Å². The fourth-order valence-electron chi connectivity index (χ4n) is 1.80. The number of rotatable bonds is 6. The van der Waals surface area contributed by atoms with Gasteiger partial charge in [-0.1, -0.05) is 32.0 Å². The molecule has 0 unspecified atom stereocenters. The van der Waals surface area contributed by atoms with Gasteiger partial charge < -0.3 is 10.6 Å². The lowest BCUT2D eigenvalue weighted by atomic mass is 10.1. The van der Waals surface area contributed by atoms with Crippen molar-refractivity contribution in [1.82, 2.24) is 10.2 Å². The Bertz CT molecular complexity index is 628. The van der Waals surface area contributed by atoms with Gasteiger partial charge in [-0.25, -0.2) is 4.39 Å². The van der Waals surface area contributed by atoms with Crippen LogP contribution < -0.4 is 10.6 Å². The van der Waals surface area contributed by atoms with Crippen LogP contribution in [0.5, 0.6) is 0 Å². The Morgan fingerprint density at radius 3 is 2.45 bits per heavy atom. The van der Waals surface area contributed by atoms with E-state index >= 15 is 0 Å². The monoisotopic (exact) mass is 302 g/mol. The number of halogens is 1. The van der Waals surface area contributed by atoms with Crippen LogP contribution in [-0.4, -0.2) is 22.6 Å². The predicted molar refractivity (Wildman–Crippen MR) is 84.1 cm³/mol. The molecule has 22 heavy (non-hydrogen) atoms. The minimum absolute atomic E-state index is 0.0400. The predicted octanol–water partition coefficient (Wildman–Crippen LogP) is 2.86. The zero-order valence-corrected chi connectivity index (χ0v) is 12.6. The van der Waals surface area contributed by atoms with E-state index in [0.29, 0.717) is 23.1 Å². The van der Waals surface area contributed by atoms with Crippen LogP contribution in [0.3, 0.4) is 0 Å².